The highest BCUT2D eigenvalue weighted by Crippen LogP contribution is 2.03. The van der Waals surface area contributed by atoms with Crippen molar-refractivity contribution < 1.29 is 9.18 Å². The lowest BCUT2D eigenvalue weighted by atomic mass is 10.2. The van der Waals surface area contributed by atoms with Crippen LogP contribution in [0.1, 0.15) is 21.9 Å². The summed E-state index contributed by atoms with van der Waals surface area (Å²) in [7, 11) is 0. The first-order chi connectivity index (χ1) is 8.66. The van der Waals surface area contributed by atoms with E-state index in [9.17, 15) is 9.18 Å². The Kier molecular flexibility index (Phi) is 3.57. The van der Waals surface area contributed by atoms with Crippen LogP contribution in [0.2, 0.25) is 0 Å². The molecule has 6 heteroatoms. The van der Waals surface area contributed by atoms with Gasteiger partial charge in [0.2, 0.25) is 5.95 Å². The minimum atomic E-state index is -0.783. The molecule has 0 saturated carbocycles. The Labute approximate surface area is 103 Å². The van der Waals surface area contributed by atoms with Gasteiger partial charge in [-0.3, -0.25) is 4.79 Å². The number of carbonyl (C=O) groups excluding carboxylic acids is 1. The van der Waals surface area contributed by atoms with Gasteiger partial charge in [-0.1, -0.05) is 0 Å². The number of amides is 1. The van der Waals surface area contributed by atoms with Gasteiger partial charge in [0.15, 0.2) is 0 Å². The van der Waals surface area contributed by atoms with Gasteiger partial charge in [-0.15, -0.1) is 0 Å². The normalized spacial score (nSPS) is 10.1. The molecular weight excluding hydrogens is 235 g/mol. The fourth-order valence-corrected chi connectivity index (χ4v) is 1.43. The van der Waals surface area contributed by atoms with Gasteiger partial charge in [0.05, 0.1) is 17.8 Å². The third kappa shape index (κ3) is 2.85. The van der Waals surface area contributed by atoms with Crippen LogP contribution in [0.3, 0.4) is 0 Å². The number of nitrogens with one attached hydrogen (secondary N) is 1. The van der Waals surface area contributed by atoms with Crippen LogP contribution in [0.5, 0.6) is 0 Å². The van der Waals surface area contributed by atoms with Gasteiger partial charge in [0, 0.05) is 12.4 Å². The minimum Gasteiger partial charge on any atom is -0.346 e. The number of nitrogens with zero attached hydrogens (tertiary/aromatic N) is 3. The average molecular weight is 246 g/mol. The van der Waals surface area contributed by atoms with Crippen molar-refractivity contribution in [3.05, 3.63) is 53.6 Å². The van der Waals surface area contributed by atoms with Crippen molar-refractivity contribution >= 4 is 5.91 Å². The Balaban J connectivity index is 2.03. The first-order valence-electron chi connectivity index (χ1n) is 5.34. The SMILES string of the molecule is Cc1nccc(CNC(=O)c2cccnc2F)n1. The van der Waals surface area contributed by atoms with Gasteiger partial charge < -0.3 is 5.32 Å². The van der Waals surface area contributed by atoms with E-state index in [0.717, 1.165) is 0 Å². The molecule has 0 aromatic carbocycles. The van der Waals surface area contributed by atoms with Gasteiger partial charge in [0.25, 0.3) is 5.91 Å². The lowest BCUT2D eigenvalue weighted by Crippen LogP contribution is -2.24. The van der Waals surface area contributed by atoms with Gasteiger partial charge in [-0.25, -0.2) is 15.0 Å². The molecule has 0 aliphatic carbocycles. The minimum absolute atomic E-state index is 0.0803. The van der Waals surface area contributed by atoms with Crippen LogP contribution in [-0.4, -0.2) is 20.9 Å². The van der Waals surface area contributed by atoms with E-state index in [1.807, 2.05) is 0 Å². The van der Waals surface area contributed by atoms with Gasteiger partial charge in [0.1, 0.15) is 5.82 Å². The fraction of sp³-hybridized carbons (Fsp3) is 0.167. The van der Waals surface area contributed by atoms with Crippen LogP contribution in [0.25, 0.3) is 0 Å². The molecule has 18 heavy (non-hydrogen) atoms. The van der Waals surface area contributed by atoms with Gasteiger partial charge in [-0.2, -0.15) is 4.39 Å². The molecule has 0 radical (unpaired) electrons. The molecule has 2 aromatic heterocycles. The number of aryl methyl sites for hydroxylation is 1. The Bertz CT molecular complexity index is 574. The standard InChI is InChI=1S/C12H11FN4O/c1-8-14-6-4-9(17-8)7-16-12(18)10-3-2-5-15-11(10)13/h2-6H,7H2,1H3,(H,16,18). The first-order valence-corrected chi connectivity index (χ1v) is 5.34. The van der Waals surface area contributed by atoms with E-state index in [-0.39, 0.29) is 12.1 Å². The molecular formula is C12H11FN4O. The topological polar surface area (TPSA) is 67.8 Å². The monoisotopic (exact) mass is 246 g/mol. The van der Waals surface area contributed by atoms with Crippen LogP contribution < -0.4 is 5.32 Å². The van der Waals surface area contributed by atoms with Gasteiger partial charge >= 0.3 is 0 Å². The number of pyridine rings is 1. The van der Waals surface area contributed by atoms with Crippen molar-refractivity contribution in [2.75, 3.05) is 0 Å². The molecule has 5 nitrogen and oxygen atoms in total. The zero-order valence-electron chi connectivity index (χ0n) is 9.72. The van der Waals surface area contributed by atoms with Crippen molar-refractivity contribution in [2.24, 2.45) is 0 Å². The molecule has 2 rings (SSSR count). The number of halogens is 1. The Hall–Kier alpha value is -2.37. The van der Waals surface area contributed by atoms with Crippen LogP contribution >= 0.6 is 0 Å². The molecule has 2 heterocycles. The Morgan fingerprint density at radius 1 is 1.33 bits per heavy atom. The van der Waals surface area contributed by atoms with E-state index in [0.29, 0.717) is 11.5 Å². The van der Waals surface area contributed by atoms with Gasteiger partial charge in [-0.05, 0) is 25.1 Å². The number of carbonyl (C=O) groups is 1. The Morgan fingerprint density at radius 3 is 2.89 bits per heavy atom. The van der Waals surface area contributed by atoms with E-state index in [1.165, 1.54) is 18.3 Å². The maximum Gasteiger partial charge on any atom is 0.256 e. The molecule has 0 unspecified atom stereocenters. The predicted octanol–water partition coefficient (Wildman–Crippen LogP) is 1.25. The largest absolute Gasteiger partial charge is 0.346 e. The molecule has 0 fully saturated rings. The summed E-state index contributed by atoms with van der Waals surface area (Å²) in [5, 5.41) is 2.57. The van der Waals surface area contributed by atoms with Crippen molar-refractivity contribution in [3.63, 3.8) is 0 Å². The maximum absolute atomic E-state index is 13.2. The summed E-state index contributed by atoms with van der Waals surface area (Å²) < 4.78 is 13.2. The molecule has 2 aromatic rings. The summed E-state index contributed by atoms with van der Waals surface area (Å²) in [6.07, 6.45) is 2.90. The highest BCUT2D eigenvalue weighted by atomic mass is 19.1. The summed E-state index contributed by atoms with van der Waals surface area (Å²) >= 11 is 0. The lowest BCUT2D eigenvalue weighted by molar-refractivity contribution is 0.0945. The highest BCUT2D eigenvalue weighted by Gasteiger charge is 2.11. The summed E-state index contributed by atoms with van der Waals surface area (Å²) in [5.74, 6) is -0.681. The van der Waals surface area contributed by atoms with E-state index in [1.54, 1.807) is 19.2 Å². The fourth-order valence-electron chi connectivity index (χ4n) is 1.43. The number of aromatic nitrogens is 3. The summed E-state index contributed by atoms with van der Waals surface area (Å²) in [6.45, 7) is 1.97. The molecule has 1 N–H and O–H groups in total. The highest BCUT2D eigenvalue weighted by molar-refractivity contribution is 5.93. The molecule has 0 aliphatic heterocycles. The Morgan fingerprint density at radius 2 is 2.17 bits per heavy atom. The van der Waals surface area contributed by atoms with Crippen LogP contribution in [0.4, 0.5) is 4.39 Å². The van der Waals surface area contributed by atoms with Crippen molar-refractivity contribution in [2.45, 2.75) is 13.5 Å². The lowest BCUT2D eigenvalue weighted by Gasteiger charge is -2.05. The predicted molar refractivity (Wildman–Crippen MR) is 62.1 cm³/mol. The molecule has 0 spiro atoms. The van der Waals surface area contributed by atoms with Crippen LogP contribution in [-0.2, 0) is 6.54 Å². The third-order valence-corrected chi connectivity index (χ3v) is 2.27. The number of rotatable bonds is 3. The molecule has 0 bridgehead atoms. The van der Waals surface area contributed by atoms with Crippen LogP contribution in [0.15, 0.2) is 30.6 Å². The van der Waals surface area contributed by atoms with E-state index in [2.05, 4.69) is 20.3 Å². The third-order valence-electron chi connectivity index (χ3n) is 2.27. The number of hydrogen-bond donors (Lipinski definition) is 1. The molecule has 1 amide bonds. The molecule has 0 aliphatic rings. The smallest absolute Gasteiger partial charge is 0.256 e. The second-order valence-corrected chi connectivity index (χ2v) is 3.62. The quantitative estimate of drug-likeness (QED) is 0.827. The zero-order valence-corrected chi connectivity index (χ0v) is 9.72. The van der Waals surface area contributed by atoms with E-state index >= 15 is 0 Å². The molecule has 0 saturated heterocycles. The zero-order chi connectivity index (χ0) is 13.0. The van der Waals surface area contributed by atoms with E-state index in [4.69, 9.17) is 0 Å². The van der Waals surface area contributed by atoms with Crippen LogP contribution in [0, 0.1) is 12.9 Å². The summed E-state index contributed by atoms with van der Waals surface area (Å²) in [5.41, 5.74) is 0.587. The van der Waals surface area contributed by atoms with E-state index < -0.39 is 11.9 Å². The summed E-state index contributed by atoms with van der Waals surface area (Å²) in [6, 6.07) is 4.57. The second kappa shape index (κ2) is 5.31. The maximum atomic E-state index is 13.2. The molecule has 0 atom stereocenters. The first kappa shape index (κ1) is 12.1. The molecule has 92 valence electrons. The number of hydrogen-bond acceptors (Lipinski definition) is 4. The van der Waals surface area contributed by atoms with Crippen molar-refractivity contribution in [1.29, 1.82) is 0 Å². The second-order valence-electron chi connectivity index (χ2n) is 3.62. The van der Waals surface area contributed by atoms with Crippen molar-refractivity contribution in [1.82, 2.24) is 20.3 Å². The van der Waals surface area contributed by atoms with Crippen molar-refractivity contribution in [3.8, 4) is 0 Å². The summed E-state index contributed by atoms with van der Waals surface area (Å²) in [4.78, 5) is 23.2. The average Bonchev–Trinajstić information content (AvgIpc) is 2.37.